The van der Waals surface area contributed by atoms with E-state index in [1.807, 2.05) is 0 Å². The van der Waals surface area contributed by atoms with E-state index in [0.29, 0.717) is 5.82 Å². The van der Waals surface area contributed by atoms with Gasteiger partial charge in [0.05, 0.1) is 6.20 Å². The van der Waals surface area contributed by atoms with Crippen LogP contribution in [0.15, 0.2) is 18.6 Å². The summed E-state index contributed by atoms with van der Waals surface area (Å²) in [5.41, 5.74) is 0. The van der Waals surface area contributed by atoms with Crippen molar-refractivity contribution < 1.29 is 0 Å². The van der Waals surface area contributed by atoms with Crippen LogP contribution in [-0.4, -0.2) is 17.0 Å². The molecule has 0 saturated heterocycles. The highest BCUT2D eigenvalue weighted by atomic mass is 35.5. The van der Waals surface area contributed by atoms with Crippen molar-refractivity contribution in [1.29, 1.82) is 0 Å². The van der Waals surface area contributed by atoms with Crippen LogP contribution in [0.5, 0.6) is 0 Å². The zero-order chi connectivity index (χ0) is 6.69. The Morgan fingerprint density at radius 1 is 1.50 bits per heavy atom. The summed E-state index contributed by atoms with van der Waals surface area (Å²) in [6.45, 7) is 0. The SMILES string of the molecule is CN(N)c1cnccn1.Cl. The molecule has 5 heteroatoms. The van der Waals surface area contributed by atoms with Crippen LogP contribution < -0.4 is 10.9 Å². The van der Waals surface area contributed by atoms with Crippen LogP contribution in [0.2, 0.25) is 0 Å². The summed E-state index contributed by atoms with van der Waals surface area (Å²) in [5.74, 6) is 6.01. The molecule has 0 aliphatic heterocycles. The summed E-state index contributed by atoms with van der Waals surface area (Å²) < 4.78 is 0. The van der Waals surface area contributed by atoms with Gasteiger partial charge in [-0.05, 0) is 0 Å². The van der Waals surface area contributed by atoms with Crippen molar-refractivity contribution in [1.82, 2.24) is 9.97 Å². The highest BCUT2D eigenvalue weighted by molar-refractivity contribution is 5.85. The minimum atomic E-state index is 0. The molecular formula is C5H9ClN4. The fourth-order valence-electron chi connectivity index (χ4n) is 0.473. The average Bonchev–Trinajstić information content (AvgIpc) is 1.90. The Labute approximate surface area is 65.5 Å². The maximum atomic E-state index is 5.34. The number of aromatic nitrogens is 2. The molecule has 1 heterocycles. The molecule has 0 spiro atoms. The summed E-state index contributed by atoms with van der Waals surface area (Å²) in [6.07, 6.45) is 4.80. The number of anilines is 1. The van der Waals surface area contributed by atoms with Crippen LogP contribution in [0.1, 0.15) is 0 Å². The number of nitrogens with zero attached hydrogens (tertiary/aromatic N) is 3. The van der Waals surface area contributed by atoms with Gasteiger partial charge in [-0.25, -0.2) is 10.8 Å². The Balaban J connectivity index is 0.000000810. The molecule has 0 aliphatic rings. The largest absolute Gasteiger partial charge is 0.297 e. The fraction of sp³-hybridized carbons (Fsp3) is 0.200. The first-order chi connectivity index (χ1) is 4.30. The lowest BCUT2D eigenvalue weighted by molar-refractivity contribution is 0.962. The minimum absolute atomic E-state index is 0. The molecule has 0 unspecified atom stereocenters. The van der Waals surface area contributed by atoms with Crippen LogP contribution in [0, 0.1) is 0 Å². The van der Waals surface area contributed by atoms with E-state index in [4.69, 9.17) is 5.84 Å². The number of rotatable bonds is 1. The van der Waals surface area contributed by atoms with Crippen molar-refractivity contribution in [2.75, 3.05) is 12.1 Å². The smallest absolute Gasteiger partial charge is 0.160 e. The third kappa shape index (κ3) is 2.16. The topological polar surface area (TPSA) is 55.0 Å². The fourth-order valence-corrected chi connectivity index (χ4v) is 0.473. The predicted octanol–water partition coefficient (Wildman–Crippen LogP) is 0.208. The van der Waals surface area contributed by atoms with Crippen molar-refractivity contribution in [3.8, 4) is 0 Å². The summed E-state index contributed by atoms with van der Waals surface area (Å²) in [5, 5.41) is 1.41. The normalized spacial score (nSPS) is 8.20. The molecule has 0 atom stereocenters. The number of hydrogen-bond acceptors (Lipinski definition) is 4. The Kier molecular flexibility index (Phi) is 3.68. The minimum Gasteiger partial charge on any atom is -0.297 e. The first-order valence-corrected chi connectivity index (χ1v) is 2.55. The summed E-state index contributed by atoms with van der Waals surface area (Å²) >= 11 is 0. The van der Waals surface area contributed by atoms with Crippen molar-refractivity contribution in [3.05, 3.63) is 18.6 Å². The van der Waals surface area contributed by atoms with Gasteiger partial charge in [0.2, 0.25) is 0 Å². The maximum absolute atomic E-state index is 5.34. The van der Waals surface area contributed by atoms with Gasteiger partial charge in [-0.3, -0.25) is 9.99 Å². The van der Waals surface area contributed by atoms with Gasteiger partial charge in [0.1, 0.15) is 0 Å². The number of nitrogens with two attached hydrogens (primary N) is 1. The van der Waals surface area contributed by atoms with Gasteiger partial charge in [0.25, 0.3) is 0 Å². The molecular weight excluding hydrogens is 152 g/mol. The molecule has 2 N–H and O–H groups in total. The third-order valence-electron chi connectivity index (χ3n) is 0.911. The first-order valence-electron chi connectivity index (χ1n) is 2.55. The second-order valence-corrected chi connectivity index (χ2v) is 1.67. The standard InChI is InChI=1S/C5H8N4.ClH/c1-9(6)5-4-7-2-3-8-5;/h2-4H,6H2,1H3;1H. The lowest BCUT2D eigenvalue weighted by atomic mass is 10.6. The van der Waals surface area contributed by atoms with Gasteiger partial charge < -0.3 is 0 Å². The molecule has 56 valence electrons. The van der Waals surface area contributed by atoms with Crippen molar-refractivity contribution in [2.45, 2.75) is 0 Å². The Hall–Kier alpha value is -0.870. The maximum Gasteiger partial charge on any atom is 0.160 e. The molecule has 1 aromatic rings. The van der Waals surface area contributed by atoms with E-state index in [-0.39, 0.29) is 12.4 Å². The molecule has 1 rings (SSSR count). The molecule has 4 nitrogen and oxygen atoms in total. The highest BCUT2D eigenvalue weighted by Gasteiger charge is 1.91. The van der Waals surface area contributed by atoms with E-state index in [1.54, 1.807) is 25.6 Å². The Bertz CT molecular complexity index is 176. The summed E-state index contributed by atoms with van der Waals surface area (Å²) in [6, 6.07) is 0. The molecule has 0 amide bonds. The third-order valence-corrected chi connectivity index (χ3v) is 0.911. The van der Waals surface area contributed by atoms with Gasteiger partial charge >= 0.3 is 0 Å². The van der Waals surface area contributed by atoms with Crippen LogP contribution >= 0.6 is 12.4 Å². The van der Waals surface area contributed by atoms with E-state index in [9.17, 15) is 0 Å². The molecule has 10 heavy (non-hydrogen) atoms. The summed E-state index contributed by atoms with van der Waals surface area (Å²) in [4.78, 5) is 7.74. The lowest BCUT2D eigenvalue weighted by Gasteiger charge is -2.07. The molecule has 0 saturated carbocycles. The number of hydrazine groups is 1. The Morgan fingerprint density at radius 2 is 2.20 bits per heavy atom. The lowest BCUT2D eigenvalue weighted by Crippen LogP contribution is -2.25. The second kappa shape index (κ2) is 4.03. The monoisotopic (exact) mass is 160 g/mol. The van der Waals surface area contributed by atoms with Gasteiger partial charge in [-0.1, -0.05) is 0 Å². The van der Waals surface area contributed by atoms with Crippen LogP contribution in [0.3, 0.4) is 0 Å². The van der Waals surface area contributed by atoms with Gasteiger partial charge in [0.15, 0.2) is 5.82 Å². The second-order valence-electron chi connectivity index (χ2n) is 1.67. The zero-order valence-corrected chi connectivity index (χ0v) is 6.38. The van der Waals surface area contributed by atoms with Crippen LogP contribution in [0.25, 0.3) is 0 Å². The van der Waals surface area contributed by atoms with Gasteiger partial charge in [-0.2, -0.15) is 0 Å². The first kappa shape index (κ1) is 9.13. The molecule has 0 radical (unpaired) electrons. The Morgan fingerprint density at radius 3 is 2.50 bits per heavy atom. The molecule has 0 fully saturated rings. The predicted molar refractivity (Wildman–Crippen MR) is 41.9 cm³/mol. The molecule has 0 bridgehead atoms. The van der Waals surface area contributed by atoms with E-state index >= 15 is 0 Å². The van der Waals surface area contributed by atoms with E-state index in [0.717, 1.165) is 0 Å². The van der Waals surface area contributed by atoms with Gasteiger partial charge in [-0.15, -0.1) is 12.4 Å². The zero-order valence-electron chi connectivity index (χ0n) is 5.56. The number of hydrogen-bond donors (Lipinski definition) is 1. The van der Waals surface area contributed by atoms with Gasteiger partial charge in [0, 0.05) is 19.4 Å². The summed E-state index contributed by atoms with van der Waals surface area (Å²) in [7, 11) is 1.71. The highest BCUT2D eigenvalue weighted by Crippen LogP contribution is 1.97. The average molecular weight is 161 g/mol. The molecule has 1 aromatic heterocycles. The van der Waals surface area contributed by atoms with E-state index in [2.05, 4.69) is 9.97 Å². The van der Waals surface area contributed by atoms with E-state index in [1.165, 1.54) is 5.01 Å². The quantitative estimate of drug-likeness (QED) is 0.472. The van der Waals surface area contributed by atoms with Crippen LogP contribution in [0.4, 0.5) is 5.82 Å². The van der Waals surface area contributed by atoms with Crippen molar-refractivity contribution in [3.63, 3.8) is 0 Å². The molecule has 0 aliphatic carbocycles. The van der Waals surface area contributed by atoms with Crippen molar-refractivity contribution >= 4 is 18.2 Å². The van der Waals surface area contributed by atoms with E-state index < -0.39 is 0 Å². The number of halogens is 1. The van der Waals surface area contributed by atoms with Crippen LogP contribution in [-0.2, 0) is 0 Å². The van der Waals surface area contributed by atoms with Crippen molar-refractivity contribution in [2.24, 2.45) is 5.84 Å². The molecule has 0 aromatic carbocycles.